The molecule has 2 heterocycles. The maximum atomic E-state index is 12.8. The van der Waals surface area contributed by atoms with Gasteiger partial charge in [0, 0.05) is 16.5 Å². The van der Waals surface area contributed by atoms with Gasteiger partial charge < -0.3 is 0 Å². The van der Waals surface area contributed by atoms with Crippen molar-refractivity contribution in [3.63, 3.8) is 0 Å². The van der Waals surface area contributed by atoms with Gasteiger partial charge >= 0.3 is 0 Å². The summed E-state index contributed by atoms with van der Waals surface area (Å²) in [6.07, 6.45) is 0. The Balaban J connectivity index is 1.49. The number of aryl methyl sites for hydroxylation is 2. The minimum absolute atomic E-state index is 0.289. The van der Waals surface area contributed by atoms with Crippen LogP contribution < -0.4 is 4.90 Å². The highest BCUT2D eigenvalue weighted by molar-refractivity contribution is 7.13. The molecule has 3 aromatic carbocycles. The van der Waals surface area contributed by atoms with Crippen LogP contribution >= 0.6 is 11.3 Å². The van der Waals surface area contributed by atoms with E-state index in [9.17, 15) is 9.59 Å². The summed E-state index contributed by atoms with van der Waals surface area (Å²) in [5.74, 6) is -0.578. The molecule has 2 amide bonds. The van der Waals surface area contributed by atoms with Crippen molar-refractivity contribution in [3.8, 4) is 21.8 Å². The van der Waals surface area contributed by atoms with Crippen molar-refractivity contribution < 1.29 is 9.59 Å². The summed E-state index contributed by atoms with van der Waals surface area (Å²) in [4.78, 5) is 31.6. The Bertz CT molecular complexity index is 1290. The van der Waals surface area contributed by atoms with Crippen LogP contribution in [-0.2, 0) is 0 Å². The molecule has 0 bridgehead atoms. The molecule has 146 valence electrons. The number of anilines is 1. The number of rotatable bonds is 3. The Hall–Kier alpha value is -3.57. The predicted molar refractivity (Wildman–Crippen MR) is 120 cm³/mol. The van der Waals surface area contributed by atoms with Gasteiger partial charge in [0.1, 0.15) is 5.01 Å². The lowest BCUT2D eigenvalue weighted by Gasteiger charge is -2.14. The Morgan fingerprint density at radius 1 is 0.767 bits per heavy atom. The second-order valence-electron chi connectivity index (χ2n) is 7.38. The molecule has 0 aliphatic carbocycles. The molecule has 1 aliphatic rings. The van der Waals surface area contributed by atoms with Crippen LogP contribution in [0.15, 0.2) is 72.1 Å². The van der Waals surface area contributed by atoms with Crippen molar-refractivity contribution in [2.45, 2.75) is 13.8 Å². The van der Waals surface area contributed by atoms with Crippen LogP contribution in [0.2, 0.25) is 0 Å². The topological polar surface area (TPSA) is 50.3 Å². The molecular weight excluding hydrogens is 392 g/mol. The van der Waals surface area contributed by atoms with E-state index >= 15 is 0 Å². The molecular formula is C25H18N2O2S. The lowest BCUT2D eigenvalue weighted by molar-refractivity contribution is 0.0926. The molecule has 0 N–H and O–H groups in total. The Kier molecular flexibility index (Phi) is 4.33. The lowest BCUT2D eigenvalue weighted by Crippen LogP contribution is -2.29. The molecule has 1 aromatic heterocycles. The number of hydrogen-bond donors (Lipinski definition) is 0. The van der Waals surface area contributed by atoms with Gasteiger partial charge in [0.2, 0.25) is 0 Å². The molecule has 1 aliphatic heterocycles. The summed E-state index contributed by atoms with van der Waals surface area (Å²) in [5.41, 5.74) is 6.81. The summed E-state index contributed by atoms with van der Waals surface area (Å²) in [6, 6.07) is 20.7. The van der Waals surface area contributed by atoms with E-state index in [2.05, 4.69) is 32.0 Å². The maximum absolute atomic E-state index is 12.8. The molecule has 0 radical (unpaired) electrons. The molecule has 0 unspecified atom stereocenters. The largest absolute Gasteiger partial charge is 0.268 e. The number of imide groups is 1. The first kappa shape index (κ1) is 18.5. The van der Waals surface area contributed by atoms with Crippen LogP contribution in [0.1, 0.15) is 31.8 Å². The van der Waals surface area contributed by atoms with E-state index in [0.29, 0.717) is 16.8 Å². The van der Waals surface area contributed by atoms with Gasteiger partial charge in [0.05, 0.1) is 22.5 Å². The lowest BCUT2D eigenvalue weighted by atomic mass is 10.1. The molecule has 30 heavy (non-hydrogen) atoms. The second kappa shape index (κ2) is 7.04. The van der Waals surface area contributed by atoms with E-state index < -0.39 is 0 Å². The molecule has 0 saturated heterocycles. The molecule has 5 heteroatoms. The van der Waals surface area contributed by atoms with Gasteiger partial charge in [-0.1, -0.05) is 36.4 Å². The van der Waals surface area contributed by atoms with Crippen molar-refractivity contribution >= 4 is 28.8 Å². The zero-order chi connectivity index (χ0) is 20.8. The number of nitrogens with zero attached hydrogens (tertiary/aromatic N) is 2. The maximum Gasteiger partial charge on any atom is 0.266 e. The molecule has 4 aromatic rings. The summed E-state index contributed by atoms with van der Waals surface area (Å²) in [6.45, 7) is 4.19. The minimum atomic E-state index is -0.289. The SMILES string of the molecule is Cc1ccc(-c2csc(-c3cccc(N4C(=O)c5ccccc5C4=O)c3)n2)cc1C. The van der Waals surface area contributed by atoms with E-state index in [4.69, 9.17) is 4.98 Å². The Morgan fingerprint density at radius 3 is 2.20 bits per heavy atom. The molecule has 4 nitrogen and oxygen atoms in total. The number of carbonyl (C=O) groups excluding carboxylic acids is 2. The number of aromatic nitrogens is 1. The standard InChI is InChI=1S/C25H18N2O2S/c1-15-10-11-17(12-16(15)2)22-14-30-23(26-22)18-6-5-7-19(13-18)27-24(28)20-8-3-4-9-21(20)25(27)29/h3-14H,1-2H3. The fourth-order valence-corrected chi connectivity index (χ4v) is 4.47. The Morgan fingerprint density at radius 2 is 1.50 bits per heavy atom. The fourth-order valence-electron chi connectivity index (χ4n) is 3.64. The van der Waals surface area contributed by atoms with Crippen LogP contribution in [0.3, 0.4) is 0 Å². The first-order valence-electron chi connectivity index (χ1n) is 9.64. The summed E-state index contributed by atoms with van der Waals surface area (Å²) >= 11 is 1.55. The highest BCUT2D eigenvalue weighted by Crippen LogP contribution is 2.34. The number of carbonyl (C=O) groups is 2. The minimum Gasteiger partial charge on any atom is -0.268 e. The quantitative estimate of drug-likeness (QED) is 0.396. The van der Waals surface area contributed by atoms with Crippen molar-refractivity contribution in [1.29, 1.82) is 0 Å². The van der Waals surface area contributed by atoms with Gasteiger partial charge in [-0.2, -0.15) is 0 Å². The first-order valence-corrected chi connectivity index (χ1v) is 10.5. The van der Waals surface area contributed by atoms with E-state index in [1.807, 2.05) is 23.6 Å². The predicted octanol–water partition coefficient (Wildman–Crippen LogP) is 5.89. The third-order valence-electron chi connectivity index (χ3n) is 5.45. The van der Waals surface area contributed by atoms with Crippen molar-refractivity contribution in [3.05, 3.63) is 94.4 Å². The van der Waals surface area contributed by atoms with Crippen LogP contribution in [0.25, 0.3) is 21.8 Å². The van der Waals surface area contributed by atoms with E-state index in [0.717, 1.165) is 21.8 Å². The smallest absolute Gasteiger partial charge is 0.266 e. The second-order valence-corrected chi connectivity index (χ2v) is 8.24. The summed E-state index contributed by atoms with van der Waals surface area (Å²) in [7, 11) is 0. The van der Waals surface area contributed by atoms with Crippen molar-refractivity contribution in [1.82, 2.24) is 4.98 Å². The van der Waals surface area contributed by atoms with Gasteiger partial charge in [-0.15, -0.1) is 11.3 Å². The highest BCUT2D eigenvalue weighted by atomic mass is 32.1. The molecule has 0 fully saturated rings. The van der Waals surface area contributed by atoms with Crippen LogP contribution in [-0.4, -0.2) is 16.8 Å². The highest BCUT2D eigenvalue weighted by Gasteiger charge is 2.36. The third-order valence-corrected chi connectivity index (χ3v) is 6.34. The van der Waals surface area contributed by atoms with Gasteiger partial charge in [0.25, 0.3) is 11.8 Å². The van der Waals surface area contributed by atoms with Crippen molar-refractivity contribution in [2.24, 2.45) is 0 Å². The summed E-state index contributed by atoms with van der Waals surface area (Å²) in [5, 5.41) is 2.88. The number of benzene rings is 3. The van der Waals surface area contributed by atoms with Crippen LogP contribution in [0, 0.1) is 13.8 Å². The van der Waals surface area contributed by atoms with Crippen LogP contribution in [0.5, 0.6) is 0 Å². The Labute approximate surface area is 178 Å². The van der Waals surface area contributed by atoms with E-state index in [1.165, 1.54) is 16.0 Å². The monoisotopic (exact) mass is 410 g/mol. The molecule has 0 spiro atoms. The first-order chi connectivity index (χ1) is 14.5. The van der Waals surface area contributed by atoms with Crippen LogP contribution in [0.4, 0.5) is 5.69 Å². The van der Waals surface area contributed by atoms with Gasteiger partial charge in [0.15, 0.2) is 0 Å². The normalized spacial score (nSPS) is 13.1. The van der Waals surface area contributed by atoms with Gasteiger partial charge in [-0.3, -0.25) is 9.59 Å². The molecule has 0 atom stereocenters. The fraction of sp³-hybridized carbons (Fsp3) is 0.0800. The third kappa shape index (κ3) is 2.95. The molecule has 5 rings (SSSR count). The van der Waals surface area contributed by atoms with Gasteiger partial charge in [-0.25, -0.2) is 9.88 Å². The summed E-state index contributed by atoms with van der Waals surface area (Å²) < 4.78 is 0. The van der Waals surface area contributed by atoms with Crippen molar-refractivity contribution in [2.75, 3.05) is 4.90 Å². The zero-order valence-electron chi connectivity index (χ0n) is 16.5. The number of amides is 2. The molecule has 0 saturated carbocycles. The zero-order valence-corrected chi connectivity index (χ0v) is 17.4. The average Bonchev–Trinajstić information content (AvgIpc) is 3.35. The number of fused-ring (bicyclic) bond motifs is 1. The van der Waals surface area contributed by atoms with Gasteiger partial charge in [-0.05, 0) is 55.3 Å². The number of hydrogen-bond acceptors (Lipinski definition) is 4. The van der Waals surface area contributed by atoms with E-state index in [1.54, 1.807) is 41.7 Å². The van der Waals surface area contributed by atoms with E-state index in [-0.39, 0.29) is 11.8 Å². The average molecular weight is 410 g/mol. The number of thiazole rings is 1.